The van der Waals surface area contributed by atoms with E-state index in [4.69, 9.17) is 0 Å². The average molecular weight is 345 g/mol. The van der Waals surface area contributed by atoms with Crippen LogP contribution in [0.15, 0.2) is 47.4 Å². The van der Waals surface area contributed by atoms with Crippen LogP contribution in [0.5, 0.6) is 0 Å². The van der Waals surface area contributed by atoms with E-state index in [0.717, 1.165) is 11.3 Å². The minimum atomic E-state index is -3.65. The summed E-state index contributed by atoms with van der Waals surface area (Å²) in [5.41, 5.74) is 2.77. The molecule has 24 heavy (non-hydrogen) atoms. The number of aryl methyl sites for hydroxylation is 2. The fourth-order valence-electron chi connectivity index (χ4n) is 2.63. The van der Waals surface area contributed by atoms with Crippen LogP contribution >= 0.6 is 0 Å². The molecule has 2 aromatic carbocycles. The van der Waals surface area contributed by atoms with Crippen molar-refractivity contribution in [3.63, 3.8) is 0 Å². The Kier molecular flexibility index (Phi) is 4.19. The van der Waals surface area contributed by atoms with Crippen molar-refractivity contribution in [3.05, 3.63) is 53.6 Å². The molecule has 0 unspecified atom stereocenters. The number of benzene rings is 2. The Morgan fingerprint density at radius 3 is 2.42 bits per heavy atom. The Morgan fingerprint density at radius 2 is 1.79 bits per heavy atom. The molecule has 3 rings (SSSR count). The highest BCUT2D eigenvalue weighted by Gasteiger charge is 2.21. The normalized spacial score (nSPS) is 14.6. The number of rotatable bonds is 4. The molecule has 1 heterocycles. The summed E-state index contributed by atoms with van der Waals surface area (Å²) >= 11 is 0. The number of nitrogens with one attached hydrogen (secondary N) is 2. The van der Waals surface area contributed by atoms with Crippen molar-refractivity contribution in [1.82, 2.24) is 5.32 Å². The molecule has 1 aliphatic heterocycles. The number of sulfonamides is 1. The van der Waals surface area contributed by atoms with Gasteiger partial charge in [-0.05, 0) is 55.3 Å². The minimum Gasteiger partial charge on any atom is -0.336 e. The van der Waals surface area contributed by atoms with E-state index in [1.165, 1.54) is 0 Å². The van der Waals surface area contributed by atoms with Crippen molar-refractivity contribution in [1.29, 1.82) is 0 Å². The van der Waals surface area contributed by atoms with E-state index < -0.39 is 10.0 Å². The SMILES string of the molecule is Cc1ccc(C)c(S(=O)(=O)Nc2ccc(N3CCNC3=O)cc2)c1. The number of urea groups is 1. The Bertz CT molecular complexity index is 876. The molecule has 6 nitrogen and oxygen atoms in total. The molecule has 0 saturated carbocycles. The van der Waals surface area contributed by atoms with E-state index in [-0.39, 0.29) is 10.9 Å². The highest BCUT2D eigenvalue weighted by atomic mass is 32.2. The lowest BCUT2D eigenvalue weighted by molar-refractivity contribution is 0.252. The van der Waals surface area contributed by atoms with Gasteiger partial charge in [0.25, 0.3) is 10.0 Å². The standard InChI is InChI=1S/C17H19N3O3S/c1-12-3-4-13(2)16(11-12)24(22,23)19-14-5-7-15(8-6-14)20-10-9-18-17(20)21/h3-8,11,19H,9-10H2,1-2H3,(H,18,21). The van der Waals surface area contributed by atoms with E-state index in [1.807, 2.05) is 13.0 Å². The molecule has 1 saturated heterocycles. The molecule has 0 radical (unpaired) electrons. The van der Waals surface area contributed by atoms with E-state index in [9.17, 15) is 13.2 Å². The molecule has 2 amide bonds. The van der Waals surface area contributed by atoms with Gasteiger partial charge in [-0.25, -0.2) is 13.2 Å². The fourth-order valence-corrected chi connectivity index (χ4v) is 4.02. The zero-order valence-electron chi connectivity index (χ0n) is 13.5. The Labute approximate surface area is 141 Å². The van der Waals surface area contributed by atoms with Crippen molar-refractivity contribution in [2.24, 2.45) is 0 Å². The summed E-state index contributed by atoms with van der Waals surface area (Å²) < 4.78 is 27.7. The third-order valence-electron chi connectivity index (χ3n) is 3.92. The molecule has 0 bridgehead atoms. The van der Waals surface area contributed by atoms with Gasteiger partial charge in [-0.1, -0.05) is 12.1 Å². The minimum absolute atomic E-state index is 0.140. The summed E-state index contributed by atoms with van der Waals surface area (Å²) in [5.74, 6) is 0. The maximum absolute atomic E-state index is 12.6. The first-order valence-electron chi connectivity index (χ1n) is 7.62. The van der Waals surface area contributed by atoms with E-state index in [2.05, 4.69) is 10.0 Å². The van der Waals surface area contributed by atoms with Gasteiger partial charge in [-0.15, -0.1) is 0 Å². The maximum Gasteiger partial charge on any atom is 0.321 e. The summed E-state index contributed by atoms with van der Waals surface area (Å²) in [4.78, 5) is 13.5. The third-order valence-corrected chi connectivity index (χ3v) is 5.44. The molecule has 7 heteroatoms. The van der Waals surface area contributed by atoms with Gasteiger partial charge < -0.3 is 5.32 Å². The number of hydrogen-bond acceptors (Lipinski definition) is 3. The summed E-state index contributed by atoms with van der Waals surface area (Å²) in [5, 5.41) is 2.73. The summed E-state index contributed by atoms with van der Waals surface area (Å²) in [7, 11) is -3.65. The lowest BCUT2D eigenvalue weighted by atomic mass is 10.2. The first kappa shape index (κ1) is 16.3. The fraction of sp³-hybridized carbons (Fsp3) is 0.235. The van der Waals surface area contributed by atoms with Gasteiger partial charge in [0, 0.05) is 24.5 Å². The number of nitrogens with zero attached hydrogens (tertiary/aromatic N) is 1. The molecular formula is C17H19N3O3S. The number of anilines is 2. The van der Waals surface area contributed by atoms with Crippen molar-refractivity contribution >= 4 is 27.4 Å². The van der Waals surface area contributed by atoms with Crippen LogP contribution in [0.4, 0.5) is 16.2 Å². The second kappa shape index (κ2) is 6.16. The van der Waals surface area contributed by atoms with Crippen molar-refractivity contribution < 1.29 is 13.2 Å². The summed E-state index contributed by atoms with van der Waals surface area (Å²) in [6, 6.07) is 12.0. The van der Waals surface area contributed by atoms with Gasteiger partial charge in [0.05, 0.1) is 4.90 Å². The first-order chi connectivity index (χ1) is 11.4. The van der Waals surface area contributed by atoms with Gasteiger partial charge in [-0.3, -0.25) is 9.62 Å². The second-order valence-corrected chi connectivity index (χ2v) is 7.46. The smallest absolute Gasteiger partial charge is 0.321 e. The molecule has 0 atom stereocenters. The van der Waals surface area contributed by atoms with Gasteiger partial charge in [-0.2, -0.15) is 0 Å². The first-order valence-corrected chi connectivity index (χ1v) is 9.11. The van der Waals surface area contributed by atoms with Crippen LogP contribution in [0, 0.1) is 13.8 Å². The second-order valence-electron chi connectivity index (χ2n) is 5.80. The highest BCUT2D eigenvalue weighted by molar-refractivity contribution is 7.92. The maximum atomic E-state index is 12.6. The van der Waals surface area contributed by atoms with Gasteiger partial charge in [0.1, 0.15) is 0 Å². The van der Waals surface area contributed by atoms with Crippen molar-refractivity contribution in [3.8, 4) is 0 Å². The molecule has 2 N–H and O–H groups in total. The molecule has 0 aliphatic carbocycles. The highest BCUT2D eigenvalue weighted by Crippen LogP contribution is 2.23. The van der Waals surface area contributed by atoms with Crippen molar-refractivity contribution in [2.45, 2.75) is 18.7 Å². The zero-order chi connectivity index (χ0) is 17.3. The molecule has 126 valence electrons. The molecule has 1 fully saturated rings. The number of carbonyl (C=O) groups excluding carboxylic acids is 1. The predicted molar refractivity (Wildman–Crippen MR) is 93.9 cm³/mol. The molecule has 0 spiro atoms. The Hall–Kier alpha value is -2.54. The van der Waals surface area contributed by atoms with Crippen LogP contribution in [0.1, 0.15) is 11.1 Å². The van der Waals surface area contributed by atoms with E-state index in [1.54, 1.807) is 48.2 Å². The zero-order valence-corrected chi connectivity index (χ0v) is 14.4. The summed E-state index contributed by atoms with van der Waals surface area (Å²) in [6.07, 6.45) is 0. The largest absolute Gasteiger partial charge is 0.336 e. The molecule has 1 aliphatic rings. The molecule has 0 aromatic heterocycles. The molecule has 2 aromatic rings. The van der Waals surface area contributed by atoms with Crippen LogP contribution in [0.2, 0.25) is 0 Å². The van der Waals surface area contributed by atoms with E-state index >= 15 is 0 Å². The van der Waals surface area contributed by atoms with Gasteiger partial charge in [0.15, 0.2) is 0 Å². The molecular weight excluding hydrogens is 326 g/mol. The predicted octanol–water partition coefficient (Wildman–Crippen LogP) is 2.63. The van der Waals surface area contributed by atoms with Gasteiger partial charge >= 0.3 is 6.03 Å². The van der Waals surface area contributed by atoms with E-state index in [0.29, 0.717) is 24.3 Å². The Morgan fingerprint density at radius 1 is 1.08 bits per heavy atom. The Balaban J connectivity index is 1.83. The number of carbonyl (C=O) groups is 1. The monoisotopic (exact) mass is 345 g/mol. The van der Waals surface area contributed by atoms with Crippen LogP contribution in [-0.2, 0) is 10.0 Å². The van der Waals surface area contributed by atoms with Crippen LogP contribution in [-0.4, -0.2) is 27.5 Å². The quantitative estimate of drug-likeness (QED) is 0.894. The van der Waals surface area contributed by atoms with Crippen LogP contribution < -0.4 is 14.9 Å². The van der Waals surface area contributed by atoms with Gasteiger partial charge in [0.2, 0.25) is 0 Å². The van der Waals surface area contributed by atoms with Crippen molar-refractivity contribution in [2.75, 3.05) is 22.7 Å². The average Bonchev–Trinajstić information content (AvgIpc) is 2.96. The third kappa shape index (κ3) is 3.21. The lowest BCUT2D eigenvalue weighted by Gasteiger charge is -2.15. The lowest BCUT2D eigenvalue weighted by Crippen LogP contribution is -2.27. The summed E-state index contributed by atoms with van der Waals surface area (Å²) in [6.45, 7) is 4.84. The van der Waals surface area contributed by atoms with Crippen LogP contribution in [0.25, 0.3) is 0 Å². The topological polar surface area (TPSA) is 78.5 Å². The number of amides is 2. The number of hydrogen-bond donors (Lipinski definition) is 2. The van der Waals surface area contributed by atoms with Crippen LogP contribution in [0.3, 0.4) is 0 Å².